The molecule has 0 aliphatic carbocycles. The molecule has 3 aliphatic heterocycles. The van der Waals surface area contributed by atoms with Gasteiger partial charge in [0.1, 0.15) is 11.8 Å². The van der Waals surface area contributed by atoms with Gasteiger partial charge in [0.25, 0.3) is 5.91 Å². The zero-order chi connectivity index (χ0) is 24.4. The van der Waals surface area contributed by atoms with E-state index >= 15 is 0 Å². The number of para-hydroxylation sites is 2. The van der Waals surface area contributed by atoms with Crippen LogP contribution in [-0.4, -0.2) is 38.8 Å². The van der Waals surface area contributed by atoms with Crippen LogP contribution < -0.4 is 10.6 Å². The minimum Gasteiger partial charge on any atom is -0.383 e. The summed E-state index contributed by atoms with van der Waals surface area (Å²) >= 11 is 0. The SMILES string of the molecule is CCCNCC1(O)CC2OC1(C)n1c3ccccc3c3c4c(c5c6ccccc6n2c5c31)C(=O)NC4. The van der Waals surface area contributed by atoms with Crippen molar-refractivity contribution in [2.24, 2.45) is 0 Å². The summed E-state index contributed by atoms with van der Waals surface area (Å²) < 4.78 is 11.4. The summed E-state index contributed by atoms with van der Waals surface area (Å²) in [5.74, 6) is -0.0200. The van der Waals surface area contributed by atoms with Gasteiger partial charge >= 0.3 is 0 Å². The molecule has 1 amide bonds. The summed E-state index contributed by atoms with van der Waals surface area (Å²) in [7, 11) is 0. The van der Waals surface area contributed by atoms with E-state index in [0.717, 1.165) is 67.7 Å². The van der Waals surface area contributed by atoms with E-state index in [0.29, 0.717) is 19.5 Å². The number of ether oxygens (including phenoxy) is 1. The zero-order valence-electron chi connectivity index (χ0n) is 20.4. The number of nitrogens with one attached hydrogen (secondary N) is 2. The van der Waals surface area contributed by atoms with Gasteiger partial charge < -0.3 is 29.6 Å². The largest absolute Gasteiger partial charge is 0.383 e. The van der Waals surface area contributed by atoms with Gasteiger partial charge in [0.15, 0.2) is 5.72 Å². The minimum absolute atomic E-state index is 0.0200. The monoisotopic (exact) mass is 480 g/mol. The highest BCUT2D eigenvalue weighted by Crippen LogP contribution is 2.57. The molecule has 3 aliphatic rings. The zero-order valence-corrected chi connectivity index (χ0v) is 20.4. The molecule has 2 bridgehead atoms. The van der Waals surface area contributed by atoms with Gasteiger partial charge in [-0.05, 0) is 37.6 Å². The van der Waals surface area contributed by atoms with Crippen molar-refractivity contribution in [2.75, 3.05) is 13.1 Å². The smallest absolute Gasteiger partial charge is 0.252 e. The van der Waals surface area contributed by atoms with Crippen LogP contribution in [0.5, 0.6) is 0 Å². The number of aliphatic hydroxyl groups is 1. The Bertz CT molecular complexity index is 1780. The summed E-state index contributed by atoms with van der Waals surface area (Å²) in [5, 5.41) is 23.1. The van der Waals surface area contributed by atoms with Crippen molar-refractivity contribution in [1.82, 2.24) is 19.8 Å². The number of hydrogen-bond acceptors (Lipinski definition) is 4. The molecule has 7 heteroatoms. The minimum atomic E-state index is -1.13. The third-order valence-corrected chi connectivity index (χ3v) is 8.82. The standard InChI is InChI=1S/C29H28N4O3/c1-3-12-30-15-29(35)13-21-32-19-10-6-4-8-16(19)23-24-18(14-31-27(24)34)22-17-9-5-7-11-20(17)33(26(22)25(23)32)28(29,2)36-21/h4-11,21,30,35H,3,12-15H2,1-2H3,(H,31,34). The molecule has 1 fully saturated rings. The summed E-state index contributed by atoms with van der Waals surface area (Å²) in [5.41, 5.74) is 3.77. The molecule has 5 aromatic rings. The van der Waals surface area contributed by atoms with Crippen molar-refractivity contribution in [1.29, 1.82) is 0 Å². The van der Waals surface area contributed by atoms with Crippen LogP contribution in [0, 0.1) is 0 Å². The number of aromatic nitrogens is 2. The van der Waals surface area contributed by atoms with Gasteiger partial charge in [-0.15, -0.1) is 0 Å². The maximum Gasteiger partial charge on any atom is 0.252 e. The lowest BCUT2D eigenvalue weighted by molar-refractivity contribution is -0.175. The Balaban J connectivity index is 1.63. The number of fused-ring (bicyclic) bond motifs is 13. The number of carbonyl (C=O) groups is 1. The summed E-state index contributed by atoms with van der Waals surface area (Å²) in [6.45, 7) is 5.93. The lowest BCUT2D eigenvalue weighted by Gasteiger charge is -2.40. The third-order valence-electron chi connectivity index (χ3n) is 8.82. The fraction of sp³-hybridized carbons (Fsp3) is 0.345. The van der Waals surface area contributed by atoms with Crippen molar-refractivity contribution in [3.05, 3.63) is 59.7 Å². The Hall–Kier alpha value is -3.39. The number of amides is 1. The molecule has 3 aromatic carbocycles. The maximum absolute atomic E-state index is 13.3. The molecule has 1 saturated heterocycles. The van der Waals surface area contributed by atoms with E-state index in [1.54, 1.807) is 0 Å². The Kier molecular flexibility index (Phi) is 3.85. The molecular formula is C29H28N4O3. The van der Waals surface area contributed by atoms with Crippen LogP contribution >= 0.6 is 0 Å². The predicted molar refractivity (Wildman–Crippen MR) is 140 cm³/mol. The van der Waals surface area contributed by atoms with Crippen LogP contribution in [0.25, 0.3) is 43.6 Å². The number of hydrogen-bond donors (Lipinski definition) is 3. The second-order valence-electron chi connectivity index (χ2n) is 10.7. The van der Waals surface area contributed by atoms with Crippen LogP contribution in [0.2, 0.25) is 0 Å². The van der Waals surface area contributed by atoms with Crippen molar-refractivity contribution >= 4 is 49.5 Å². The van der Waals surface area contributed by atoms with E-state index in [-0.39, 0.29) is 12.1 Å². The van der Waals surface area contributed by atoms with Crippen LogP contribution in [0.15, 0.2) is 48.5 Å². The molecule has 7 nitrogen and oxygen atoms in total. The van der Waals surface area contributed by atoms with E-state index in [2.05, 4.69) is 51.0 Å². The van der Waals surface area contributed by atoms with E-state index in [4.69, 9.17) is 4.74 Å². The number of nitrogens with zero attached hydrogens (tertiary/aromatic N) is 2. The number of carbonyl (C=O) groups excluding carboxylic acids is 1. The molecule has 0 spiro atoms. The molecular weight excluding hydrogens is 452 g/mol. The highest BCUT2D eigenvalue weighted by molar-refractivity contribution is 6.31. The summed E-state index contributed by atoms with van der Waals surface area (Å²) in [6.07, 6.45) is 1.08. The van der Waals surface area contributed by atoms with Gasteiger partial charge in [0.05, 0.1) is 27.6 Å². The quantitative estimate of drug-likeness (QED) is 0.331. The lowest BCUT2D eigenvalue weighted by Crippen LogP contribution is -2.56. The summed E-state index contributed by atoms with van der Waals surface area (Å²) in [4.78, 5) is 13.3. The van der Waals surface area contributed by atoms with E-state index in [1.807, 2.05) is 31.2 Å². The average Bonchev–Trinajstić information content (AvgIpc) is 3.56. The predicted octanol–water partition coefficient (Wildman–Crippen LogP) is 4.48. The molecule has 5 heterocycles. The van der Waals surface area contributed by atoms with Gasteiger partial charge in [0.2, 0.25) is 0 Å². The number of rotatable bonds is 4. The van der Waals surface area contributed by atoms with Crippen molar-refractivity contribution in [3.63, 3.8) is 0 Å². The van der Waals surface area contributed by atoms with E-state index in [9.17, 15) is 9.90 Å². The fourth-order valence-electron chi connectivity index (χ4n) is 7.23. The van der Waals surface area contributed by atoms with Gasteiger partial charge in [0, 0.05) is 41.1 Å². The first-order valence-electron chi connectivity index (χ1n) is 12.9. The Morgan fingerprint density at radius 2 is 1.81 bits per heavy atom. The number of benzene rings is 3. The molecule has 3 unspecified atom stereocenters. The van der Waals surface area contributed by atoms with E-state index in [1.165, 1.54) is 0 Å². The Labute approximate surface area is 207 Å². The van der Waals surface area contributed by atoms with Gasteiger partial charge in [-0.1, -0.05) is 43.3 Å². The van der Waals surface area contributed by atoms with E-state index < -0.39 is 11.3 Å². The third kappa shape index (κ3) is 2.19. The van der Waals surface area contributed by atoms with Crippen LogP contribution in [0.4, 0.5) is 0 Å². The molecule has 3 N–H and O–H groups in total. The topological polar surface area (TPSA) is 80.4 Å². The molecule has 2 aromatic heterocycles. The molecule has 0 radical (unpaired) electrons. The first-order chi connectivity index (χ1) is 17.5. The van der Waals surface area contributed by atoms with Crippen molar-refractivity contribution < 1.29 is 14.6 Å². The first kappa shape index (κ1) is 20.8. The van der Waals surface area contributed by atoms with Crippen LogP contribution in [0.3, 0.4) is 0 Å². The first-order valence-corrected chi connectivity index (χ1v) is 12.9. The summed E-state index contributed by atoms with van der Waals surface area (Å²) in [6, 6.07) is 16.6. The lowest BCUT2D eigenvalue weighted by atomic mass is 9.88. The van der Waals surface area contributed by atoms with Gasteiger partial charge in [-0.25, -0.2) is 0 Å². The molecule has 3 atom stereocenters. The molecule has 36 heavy (non-hydrogen) atoms. The normalized spacial score (nSPS) is 26.5. The molecule has 0 saturated carbocycles. The highest BCUT2D eigenvalue weighted by Gasteiger charge is 2.60. The highest BCUT2D eigenvalue weighted by atomic mass is 16.6. The maximum atomic E-state index is 13.3. The Morgan fingerprint density at radius 1 is 1.08 bits per heavy atom. The van der Waals surface area contributed by atoms with Gasteiger partial charge in [-0.2, -0.15) is 0 Å². The van der Waals surface area contributed by atoms with Crippen LogP contribution in [0.1, 0.15) is 48.8 Å². The van der Waals surface area contributed by atoms with Gasteiger partial charge in [-0.3, -0.25) is 4.79 Å². The Morgan fingerprint density at radius 3 is 2.58 bits per heavy atom. The van der Waals surface area contributed by atoms with Crippen LogP contribution in [-0.2, 0) is 17.0 Å². The molecule has 8 rings (SSSR count). The second-order valence-corrected chi connectivity index (χ2v) is 10.7. The average molecular weight is 481 g/mol. The second kappa shape index (κ2) is 6.68. The van der Waals surface area contributed by atoms with Crippen molar-refractivity contribution in [2.45, 2.75) is 50.8 Å². The fourth-order valence-corrected chi connectivity index (χ4v) is 7.23. The molecule has 182 valence electrons. The van der Waals surface area contributed by atoms with Crippen molar-refractivity contribution in [3.8, 4) is 0 Å².